The number of carboxylic acid groups (broad SMARTS) is 1. The molecule has 1 aromatic rings. The van der Waals surface area contributed by atoms with Crippen molar-refractivity contribution in [2.24, 2.45) is 17.6 Å². The first-order valence-electron chi connectivity index (χ1n) is 6.89. The zero-order chi connectivity index (χ0) is 15.4. The minimum Gasteiger partial charge on any atom is -0.481 e. The summed E-state index contributed by atoms with van der Waals surface area (Å²) in [5, 5.41) is 11.9. The number of anilines is 1. The van der Waals surface area contributed by atoms with Gasteiger partial charge < -0.3 is 16.2 Å². The third-order valence-electron chi connectivity index (χ3n) is 3.81. The fourth-order valence-electron chi connectivity index (χ4n) is 2.78. The Hall–Kier alpha value is -2.37. The average molecular weight is 290 g/mol. The van der Waals surface area contributed by atoms with Crippen LogP contribution in [0.3, 0.4) is 0 Å². The lowest BCUT2D eigenvalue weighted by Crippen LogP contribution is -2.30. The summed E-state index contributed by atoms with van der Waals surface area (Å²) in [6.45, 7) is 0. The summed E-state index contributed by atoms with van der Waals surface area (Å²) in [6, 6.07) is 6.89. The molecule has 0 spiro atoms. The van der Waals surface area contributed by atoms with E-state index in [0.29, 0.717) is 24.1 Å². The highest BCUT2D eigenvalue weighted by Crippen LogP contribution is 2.33. The fraction of sp³-hybridized carbons (Fsp3) is 0.400. The second-order valence-electron chi connectivity index (χ2n) is 5.27. The number of nitrogens with one attached hydrogen (secondary N) is 1. The van der Waals surface area contributed by atoms with Crippen molar-refractivity contribution in [3.05, 3.63) is 29.8 Å². The highest BCUT2D eigenvalue weighted by Gasteiger charge is 2.37. The molecule has 0 aliphatic heterocycles. The lowest BCUT2D eigenvalue weighted by molar-refractivity contribution is -0.145. The Balaban J connectivity index is 2.12. The van der Waals surface area contributed by atoms with E-state index in [2.05, 4.69) is 5.32 Å². The van der Waals surface area contributed by atoms with Crippen molar-refractivity contribution in [1.29, 1.82) is 0 Å². The molecule has 1 aliphatic carbocycles. The predicted molar refractivity (Wildman–Crippen MR) is 76.4 cm³/mol. The number of hydrogen-bond acceptors (Lipinski definition) is 3. The number of carbonyl (C=O) groups is 3. The molecule has 112 valence electrons. The normalized spacial score (nSPS) is 21.0. The molecule has 0 radical (unpaired) electrons. The van der Waals surface area contributed by atoms with E-state index in [9.17, 15) is 14.4 Å². The Morgan fingerprint density at radius 2 is 1.86 bits per heavy atom. The number of para-hydroxylation sites is 1. The SMILES string of the molecule is NC(=O)Cc1ccccc1NC(=O)C1CCCC1C(=O)O. The molecule has 0 heterocycles. The van der Waals surface area contributed by atoms with Crippen LogP contribution in [0.5, 0.6) is 0 Å². The first-order chi connectivity index (χ1) is 9.99. The van der Waals surface area contributed by atoms with Crippen LogP contribution in [0, 0.1) is 11.8 Å². The Bertz CT molecular complexity index is 571. The van der Waals surface area contributed by atoms with Crippen molar-refractivity contribution in [2.45, 2.75) is 25.7 Å². The molecule has 2 atom stereocenters. The van der Waals surface area contributed by atoms with E-state index in [1.807, 2.05) is 0 Å². The summed E-state index contributed by atoms with van der Waals surface area (Å²) in [4.78, 5) is 34.5. The Morgan fingerprint density at radius 1 is 1.19 bits per heavy atom. The van der Waals surface area contributed by atoms with Crippen molar-refractivity contribution in [3.8, 4) is 0 Å². The Labute approximate surface area is 122 Å². The molecule has 6 heteroatoms. The number of carbonyl (C=O) groups excluding carboxylic acids is 2. The van der Waals surface area contributed by atoms with Crippen LogP contribution >= 0.6 is 0 Å². The zero-order valence-corrected chi connectivity index (χ0v) is 11.5. The molecule has 4 N–H and O–H groups in total. The van der Waals surface area contributed by atoms with E-state index in [1.54, 1.807) is 24.3 Å². The van der Waals surface area contributed by atoms with E-state index in [0.717, 1.165) is 6.42 Å². The van der Waals surface area contributed by atoms with Gasteiger partial charge >= 0.3 is 5.97 Å². The molecule has 1 saturated carbocycles. The van der Waals surface area contributed by atoms with Crippen LogP contribution < -0.4 is 11.1 Å². The number of rotatable bonds is 5. The van der Waals surface area contributed by atoms with Crippen molar-refractivity contribution in [2.75, 3.05) is 5.32 Å². The molecular formula is C15H18N2O4. The first kappa shape index (κ1) is 15.0. The molecule has 2 unspecified atom stereocenters. The van der Waals surface area contributed by atoms with Gasteiger partial charge in [0.1, 0.15) is 0 Å². The molecule has 0 aromatic heterocycles. The van der Waals surface area contributed by atoms with Crippen LogP contribution in [0.2, 0.25) is 0 Å². The second-order valence-corrected chi connectivity index (χ2v) is 5.27. The van der Waals surface area contributed by atoms with Gasteiger partial charge in [0.2, 0.25) is 11.8 Å². The lowest BCUT2D eigenvalue weighted by atomic mass is 9.95. The van der Waals surface area contributed by atoms with E-state index in [1.165, 1.54) is 0 Å². The number of amides is 2. The zero-order valence-electron chi connectivity index (χ0n) is 11.5. The van der Waals surface area contributed by atoms with Crippen LogP contribution in [0.1, 0.15) is 24.8 Å². The van der Waals surface area contributed by atoms with Gasteiger partial charge in [-0.3, -0.25) is 14.4 Å². The van der Waals surface area contributed by atoms with Crippen LogP contribution in [-0.2, 0) is 20.8 Å². The highest BCUT2D eigenvalue weighted by atomic mass is 16.4. The maximum absolute atomic E-state index is 12.3. The fourth-order valence-corrected chi connectivity index (χ4v) is 2.78. The summed E-state index contributed by atoms with van der Waals surface area (Å²) in [7, 11) is 0. The topological polar surface area (TPSA) is 109 Å². The maximum Gasteiger partial charge on any atom is 0.307 e. The summed E-state index contributed by atoms with van der Waals surface area (Å²) >= 11 is 0. The largest absolute Gasteiger partial charge is 0.481 e. The van der Waals surface area contributed by atoms with Gasteiger partial charge in [0, 0.05) is 5.69 Å². The van der Waals surface area contributed by atoms with Gasteiger partial charge in [0.25, 0.3) is 0 Å². The number of hydrogen-bond donors (Lipinski definition) is 3. The van der Waals surface area contributed by atoms with Crippen LogP contribution in [0.15, 0.2) is 24.3 Å². The molecule has 0 bridgehead atoms. The van der Waals surface area contributed by atoms with E-state index in [-0.39, 0.29) is 12.3 Å². The molecule has 2 amide bonds. The van der Waals surface area contributed by atoms with Gasteiger partial charge in [-0.15, -0.1) is 0 Å². The van der Waals surface area contributed by atoms with Crippen molar-refractivity contribution in [3.63, 3.8) is 0 Å². The maximum atomic E-state index is 12.3. The third kappa shape index (κ3) is 3.59. The quantitative estimate of drug-likeness (QED) is 0.755. The minimum atomic E-state index is -0.932. The van der Waals surface area contributed by atoms with E-state index in [4.69, 9.17) is 10.8 Å². The Morgan fingerprint density at radius 3 is 2.52 bits per heavy atom. The highest BCUT2D eigenvalue weighted by molar-refractivity contribution is 5.96. The smallest absolute Gasteiger partial charge is 0.307 e. The van der Waals surface area contributed by atoms with Gasteiger partial charge in [0.15, 0.2) is 0 Å². The van der Waals surface area contributed by atoms with Crippen molar-refractivity contribution >= 4 is 23.5 Å². The molecule has 1 aromatic carbocycles. The number of nitrogens with two attached hydrogens (primary N) is 1. The van der Waals surface area contributed by atoms with Gasteiger partial charge in [-0.2, -0.15) is 0 Å². The number of aliphatic carboxylic acids is 1. The first-order valence-corrected chi connectivity index (χ1v) is 6.89. The third-order valence-corrected chi connectivity index (χ3v) is 3.81. The van der Waals surface area contributed by atoms with Gasteiger partial charge in [-0.05, 0) is 24.5 Å². The number of benzene rings is 1. The number of carboxylic acids is 1. The average Bonchev–Trinajstić information content (AvgIpc) is 2.90. The molecule has 6 nitrogen and oxygen atoms in total. The molecule has 1 aliphatic rings. The van der Waals surface area contributed by atoms with Crippen LogP contribution in [-0.4, -0.2) is 22.9 Å². The monoisotopic (exact) mass is 290 g/mol. The summed E-state index contributed by atoms with van der Waals surface area (Å²) in [6.07, 6.45) is 1.86. The molecule has 21 heavy (non-hydrogen) atoms. The summed E-state index contributed by atoms with van der Waals surface area (Å²) < 4.78 is 0. The molecule has 2 rings (SSSR count). The van der Waals surface area contributed by atoms with Crippen LogP contribution in [0.25, 0.3) is 0 Å². The molecule has 0 saturated heterocycles. The predicted octanol–water partition coefficient (Wildman–Crippen LogP) is 1.15. The lowest BCUT2D eigenvalue weighted by Gasteiger charge is -2.17. The second kappa shape index (κ2) is 6.39. The summed E-state index contributed by atoms with van der Waals surface area (Å²) in [5.74, 6) is -2.88. The van der Waals surface area contributed by atoms with Crippen molar-refractivity contribution < 1.29 is 19.5 Å². The molecular weight excluding hydrogens is 272 g/mol. The van der Waals surface area contributed by atoms with E-state index >= 15 is 0 Å². The standard InChI is InChI=1S/C15H18N2O4/c16-13(18)8-9-4-1-2-7-12(9)17-14(19)10-5-3-6-11(10)15(20)21/h1-2,4,7,10-11H,3,5-6,8H2,(H2,16,18)(H,17,19)(H,20,21). The van der Waals surface area contributed by atoms with Gasteiger partial charge in [0.05, 0.1) is 18.3 Å². The van der Waals surface area contributed by atoms with Gasteiger partial charge in [-0.25, -0.2) is 0 Å². The minimum absolute atomic E-state index is 0.0312. The van der Waals surface area contributed by atoms with Gasteiger partial charge in [-0.1, -0.05) is 24.6 Å². The van der Waals surface area contributed by atoms with Crippen LogP contribution in [0.4, 0.5) is 5.69 Å². The molecule has 1 fully saturated rings. The van der Waals surface area contributed by atoms with E-state index < -0.39 is 23.7 Å². The number of primary amides is 1. The summed E-state index contributed by atoms with van der Waals surface area (Å²) in [5.41, 5.74) is 6.32. The van der Waals surface area contributed by atoms with Crippen molar-refractivity contribution in [1.82, 2.24) is 0 Å². The Kier molecular flexibility index (Phi) is 4.57.